The summed E-state index contributed by atoms with van der Waals surface area (Å²) in [5, 5.41) is 7.05. The second-order valence-electron chi connectivity index (χ2n) is 9.82. The number of amides is 1. The molecule has 2 atom stereocenters. The van der Waals surface area contributed by atoms with E-state index in [9.17, 15) is 22.8 Å². The van der Waals surface area contributed by atoms with Gasteiger partial charge in [-0.1, -0.05) is 36.2 Å². The molecule has 9 heteroatoms. The quantitative estimate of drug-likeness (QED) is 0.362. The summed E-state index contributed by atoms with van der Waals surface area (Å²) in [5.41, 5.74) is 1.04. The minimum atomic E-state index is -4.50. The summed E-state index contributed by atoms with van der Waals surface area (Å²) in [5.74, 6) is -0.520. The van der Waals surface area contributed by atoms with Crippen molar-refractivity contribution in [3.63, 3.8) is 0 Å². The summed E-state index contributed by atoms with van der Waals surface area (Å²) in [6, 6.07) is 10.9. The predicted octanol–water partition coefficient (Wildman–Crippen LogP) is 6.14. The minimum absolute atomic E-state index is 0.133. The van der Waals surface area contributed by atoms with Crippen molar-refractivity contribution in [2.24, 2.45) is 0 Å². The van der Waals surface area contributed by atoms with Crippen molar-refractivity contribution in [1.29, 1.82) is 0 Å². The smallest absolute Gasteiger partial charge is 0.340 e. The van der Waals surface area contributed by atoms with E-state index in [1.54, 1.807) is 24.3 Å². The fourth-order valence-electron chi connectivity index (χ4n) is 4.71. The van der Waals surface area contributed by atoms with Gasteiger partial charge in [0.1, 0.15) is 11.7 Å². The van der Waals surface area contributed by atoms with E-state index in [4.69, 9.17) is 0 Å². The maximum atomic E-state index is 14.1. The van der Waals surface area contributed by atoms with Gasteiger partial charge in [0.05, 0.1) is 15.4 Å². The molecule has 1 saturated heterocycles. The molecule has 1 aliphatic heterocycles. The molecular formula is C28H28F3N3O2S. The molecule has 0 radical (unpaired) electrons. The van der Waals surface area contributed by atoms with Crippen molar-refractivity contribution < 1.29 is 22.8 Å². The summed E-state index contributed by atoms with van der Waals surface area (Å²) in [6.07, 6.45) is -0.0286. The Kier molecular flexibility index (Phi) is 7.18. The van der Waals surface area contributed by atoms with Crippen LogP contribution >= 0.6 is 11.3 Å². The average molecular weight is 528 g/mol. The zero-order valence-corrected chi connectivity index (χ0v) is 21.2. The second-order valence-corrected chi connectivity index (χ2v) is 10.9. The lowest BCUT2D eigenvalue weighted by atomic mass is 9.92. The second kappa shape index (κ2) is 10.4. The maximum absolute atomic E-state index is 14.1. The van der Waals surface area contributed by atoms with Crippen LogP contribution in [0, 0.1) is 6.92 Å². The number of benzene rings is 2. The number of rotatable bonds is 7. The van der Waals surface area contributed by atoms with E-state index < -0.39 is 17.8 Å². The molecular weight excluding hydrogens is 499 g/mol. The summed E-state index contributed by atoms with van der Waals surface area (Å²) in [4.78, 5) is 32.3. The number of piperidine rings is 1. The van der Waals surface area contributed by atoms with Crippen LogP contribution in [0.15, 0.2) is 48.5 Å². The number of hydrogen-bond donors (Lipinski definition) is 2. The van der Waals surface area contributed by atoms with E-state index in [0.29, 0.717) is 22.4 Å². The normalized spacial score (nSPS) is 18.9. The van der Waals surface area contributed by atoms with Gasteiger partial charge in [-0.15, -0.1) is 11.3 Å². The van der Waals surface area contributed by atoms with Gasteiger partial charge in [-0.2, -0.15) is 13.2 Å². The van der Waals surface area contributed by atoms with Crippen LogP contribution in [0.5, 0.6) is 0 Å². The Labute approximate surface area is 217 Å². The van der Waals surface area contributed by atoms with E-state index >= 15 is 0 Å². The van der Waals surface area contributed by atoms with Gasteiger partial charge in [0, 0.05) is 17.5 Å². The number of carbonyl (C=O) groups is 2. The highest BCUT2D eigenvalue weighted by Crippen LogP contribution is 2.45. The van der Waals surface area contributed by atoms with Crippen LogP contribution in [0.2, 0.25) is 0 Å². The lowest BCUT2D eigenvalue weighted by Gasteiger charge is -2.31. The van der Waals surface area contributed by atoms with Crippen molar-refractivity contribution in [2.75, 3.05) is 6.54 Å². The van der Waals surface area contributed by atoms with Gasteiger partial charge in [-0.05, 0) is 69.0 Å². The number of hydrogen-bond acceptors (Lipinski definition) is 5. The van der Waals surface area contributed by atoms with Crippen LogP contribution in [0.3, 0.4) is 0 Å². The van der Waals surface area contributed by atoms with Gasteiger partial charge >= 0.3 is 6.18 Å². The first-order valence-corrected chi connectivity index (χ1v) is 13.4. The van der Waals surface area contributed by atoms with Crippen LogP contribution in [0.4, 0.5) is 13.2 Å². The first-order chi connectivity index (χ1) is 17.7. The van der Waals surface area contributed by atoms with Crippen molar-refractivity contribution in [3.05, 3.63) is 75.9 Å². The highest BCUT2D eigenvalue weighted by atomic mass is 32.1. The number of alkyl halides is 3. The molecule has 2 unspecified atom stereocenters. The van der Waals surface area contributed by atoms with E-state index in [-0.39, 0.29) is 29.3 Å². The molecule has 0 spiro atoms. The zero-order chi connectivity index (χ0) is 26.2. The Morgan fingerprint density at radius 3 is 2.54 bits per heavy atom. The molecule has 2 N–H and O–H groups in total. The summed E-state index contributed by atoms with van der Waals surface area (Å²) in [6.45, 7) is 2.61. The predicted molar refractivity (Wildman–Crippen MR) is 137 cm³/mol. The topological polar surface area (TPSA) is 71.1 Å². The van der Waals surface area contributed by atoms with Crippen LogP contribution < -0.4 is 10.6 Å². The Morgan fingerprint density at radius 1 is 1.08 bits per heavy atom. The standard InChI is InChI=1S/C28H28F3N3O2S/c1-16-6-4-8-19(14-16)26(36)33-22(21-10-2-3-13-32-21)24(35)23-25(37-27(34-23)17-11-12-17)18-7-5-9-20(15-18)28(29,30)31/h4-9,14-15,17,21-22,32H,2-3,10-13H2,1H3,(H,33,36). The monoisotopic (exact) mass is 527 g/mol. The molecule has 37 heavy (non-hydrogen) atoms. The highest BCUT2D eigenvalue weighted by molar-refractivity contribution is 7.15. The number of halogens is 3. The van der Waals surface area contributed by atoms with Crippen molar-refractivity contribution in [2.45, 2.75) is 63.2 Å². The molecule has 2 fully saturated rings. The molecule has 194 valence electrons. The third-order valence-electron chi connectivity index (χ3n) is 6.86. The fourth-order valence-corrected chi connectivity index (χ4v) is 5.95. The Hall–Kier alpha value is -3.04. The van der Waals surface area contributed by atoms with Crippen molar-refractivity contribution >= 4 is 23.0 Å². The third-order valence-corrected chi connectivity index (χ3v) is 8.12. The molecule has 2 aliphatic rings. The molecule has 1 amide bonds. The summed E-state index contributed by atoms with van der Waals surface area (Å²) < 4.78 is 40.4. The van der Waals surface area contributed by atoms with Crippen LogP contribution in [0.1, 0.15) is 75.0 Å². The largest absolute Gasteiger partial charge is 0.416 e. The average Bonchev–Trinajstić information content (AvgIpc) is 3.65. The zero-order valence-electron chi connectivity index (χ0n) is 20.4. The van der Waals surface area contributed by atoms with Crippen molar-refractivity contribution in [3.8, 4) is 10.4 Å². The van der Waals surface area contributed by atoms with Crippen LogP contribution in [-0.2, 0) is 6.18 Å². The molecule has 1 aliphatic carbocycles. The molecule has 0 bridgehead atoms. The molecule has 2 heterocycles. The van der Waals surface area contributed by atoms with E-state index in [1.165, 1.54) is 17.4 Å². The van der Waals surface area contributed by atoms with E-state index in [2.05, 4.69) is 15.6 Å². The van der Waals surface area contributed by atoms with Gasteiger partial charge in [0.2, 0.25) is 5.78 Å². The molecule has 1 saturated carbocycles. The molecule has 5 nitrogen and oxygen atoms in total. The van der Waals surface area contributed by atoms with Crippen LogP contribution in [-0.4, -0.2) is 35.3 Å². The van der Waals surface area contributed by atoms with Gasteiger partial charge in [-0.25, -0.2) is 4.98 Å². The third kappa shape index (κ3) is 5.78. The maximum Gasteiger partial charge on any atom is 0.416 e. The van der Waals surface area contributed by atoms with Gasteiger partial charge in [-0.3, -0.25) is 9.59 Å². The first-order valence-electron chi connectivity index (χ1n) is 12.5. The minimum Gasteiger partial charge on any atom is -0.340 e. The lowest BCUT2D eigenvalue weighted by Crippen LogP contribution is -2.55. The number of carbonyl (C=O) groups excluding carboxylic acids is 2. The fraction of sp³-hybridized carbons (Fsp3) is 0.393. The Balaban J connectivity index is 1.53. The Morgan fingerprint density at radius 2 is 1.86 bits per heavy atom. The van der Waals surface area contributed by atoms with E-state index in [1.807, 2.05) is 13.0 Å². The summed E-state index contributed by atoms with van der Waals surface area (Å²) in [7, 11) is 0. The van der Waals surface area contributed by atoms with Gasteiger partial charge in [0.25, 0.3) is 5.91 Å². The molecule has 5 rings (SSSR count). The number of nitrogens with zero attached hydrogens (tertiary/aromatic N) is 1. The highest BCUT2D eigenvalue weighted by Gasteiger charge is 2.37. The number of thiazole rings is 1. The molecule has 3 aromatic rings. The van der Waals surface area contributed by atoms with E-state index in [0.717, 1.165) is 54.9 Å². The Bertz CT molecular complexity index is 1310. The van der Waals surface area contributed by atoms with Crippen molar-refractivity contribution in [1.82, 2.24) is 15.6 Å². The number of nitrogens with one attached hydrogen (secondary N) is 2. The first kappa shape index (κ1) is 25.6. The number of ketones is 1. The molecule has 1 aromatic heterocycles. The van der Waals surface area contributed by atoms with Gasteiger partial charge < -0.3 is 10.6 Å². The number of aryl methyl sites for hydroxylation is 1. The lowest BCUT2D eigenvalue weighted by molar-refractivity contribution is -0.137. The molecule has 2 aromatic carbocycles. The summed E-state index contributed by atoms with van der Waals surface area (Å²) >= 11 is 1.28. The van der Waals surface area contributed by atoms with Crippen LogP contribution in [0.25, 0.3) is 10.4 Å². The SMILES string of the molecule is Cc1cccc(C(=O)NC(C(=O)c2nc(C3CC3)sc2-c2cccc(C(F)(F)F)c2)C2CCCCN2)c1. The van der Waals surface area contributed by atoms with Gasteiger partial charge in [0.15, 0.2) is 0 Å². The number of Topliss-reactive ketones (excluding diaryl/α,β-unsaturated/α-hetero) is 1. The number of aromatic nitrogens is 1.